The van der Waals surface area contributed by atoms with Crippen molar-refractivity contribution in [2.24, 2.45) is 4.99 Å². The molecule has 5 heterocycles. The van der Waals surface area contributed by atoms with Crippen molar-refractivity contribution in [2.45, 2.75) is 0 Å². The first-order valence-electron chi connectivity index (χ1n) is 24.8. The number of aromatic nitrogens is 7. The first-order chi connectivity index (χ1) is 37.1. The van der Waals surface area contributed by atoms with Crippen molar-refractivity contribution < 1.29 is 0 Å². The van der Waals surface area contributed by atoms with E-state index in [0.717, 1.165) is 110 Å². The molecule has 0 unspecified atom stereocenters. The molecule has 0 saturated heterocycles. The minimum atomic E-state index is 0.418. The lowest BCUT2D eigenvalue weighted by Crippen LogP contribution is -2.05. The Hall–Kier alpha value is -10.3. The summed E-state index contributed by atoms with van der Waals surface area (Å²) >= 11 is 0. The molecule has 0 bridgehead atoms. The fourth-order valence-corrected chi connectivity index (χ4v) is 11.0. The largest absolute Gasteiger partial charge is 0.309 e. The number of fused-ring (bicyclic) bond motifs is 11. The van der Waals surface area contributed by atoms with E-state index in [2.05, 4.69) is 232 Å². The number of benzene rings is 8. The van der Waals surface area contributed by atoms with Crippen LogP contribution in [0.25, 0.3) is 133 Å². The van der Waals surface area contributed by atoms with Crippen LogP contribution in [0.4, 0.5) is 0 Å². The maximum absolute atomic E-state index is 5.17. The highest BCUT2D eigenvalue weighted by Gasteiger charge is 2.27. The first-order valence-corrected chi connectivity index (χ1v) is 24.8. The molecule has 13 rings (SSSR count). The molecular weight excluding hydrogens is 917 g/mol. The average molecular weight is 963 g/mol. The number of hydrogen-bond acceptors (Lipinski definition) is 5. The molecule has 13 aromatic rings. The summed E-state index contributed by atoms with van der Waals surface area (Å²) in [5, 5.41) is 6.82. The van der Waals surface area contributed by atoms with Crippen LogP contribution in [0.2, 0.25) is 0 Å². The Kier molecular flexibility index (Phi) is 10.9. The van der Waals surface area contributed by atoms with Crippen LogP contribution in [0.5, 0.6) is 0 Å². The molecule has 0 fully saturated rings. The summed E-state index contributed by atoms with van der Waals surface area (Å²) in [4.78, 5) is 23.7. The summed E-state index contributed by atoms with van der Waals surface area (Å²) in [6, 6.07) is 66.7. The highest BCUT2D eigenvalue weighted by molar-refractivity contribution is 6.32. The molecule has 354 valence electrons. The number of aliphatic imine (C=N–C) groups is 1. The molecule has 0 spiro atoms. The fraction of sp³-hybridized carbons (Fsp3) is 0. The van der Waals surface area contributed by atoms with E-state index in [1.54, 1.807) is 24.7 Å². The van der Waals surface area contributed by atoms with E-state index >= 15 is 0 Å². The van der Waals surface area contributed by atoms with Gasteiger partial charge in [0, 0.05) is 90.1 Å². The molecule has 0 aliphatic carbocycles. The van der Waals surface area contributed by atoms with Crippen molar-refractivity contribution in [1.82, 2.24) is 33.6 Å². The van der Waals surface area contributed by atoms with Crippen molar-refractivity contribution in [3.8, 4) is 56.4 Å². The second-order valence-corrected chi connectivity index (χ2v) is 18.3. The predicted octanol–water partition coefficient (Wildman–Crippen LogP) is 16.7. The molecule has 0 N–H and O–H groups in total. The molecule has 0 amide bonds. The Morgan fingerprint density at radius 2 is 1.01 bits per heavy atom. The molecule has 0 aliphatic heterocycles. The van der Waals surface area contributed by atoms with E-state index in [9.17, 15) is 0 Å². The zero-order valence-electron chi connectivity index (χ0n) is 40.8. The Morgan fingerprint density at radius 3 is 1.56 bits per heavy atom. The van der Waals surface area contributed by atoms with Crippen LogP contribution >= 0.6 is 0 Å². The summed E-state index contributed by atoms with van der Waals surface area (Å²) in [5.74, 6) is 1.37. The molecule has 8 nitrogen and oxygen atoms in total. The van der Waals surface area contributed by atoms with Gasteiger partial charge in [-0.15, -0.1) is 0 Å². The zero-order chi connectivity index (χ0) is 50.6. The van der Waals surface area contributed by atoms with Crippen molar-refractivity contribution in [1.29, 1.82) is 0 Å². The van der Waals surface area contributed by atoms with Gasteiger partial charge in [-0.3, -0.25) is 9.98 Å². The van der Waals surface area contributed by atoms with E-state index < -0.39 is 0 Å². The molecular formula is C67H46N8. The summed E-state index contributed by atoms with van der Waals surface area (Å²) < 4.78 is 7.26. The molecule has 8 heteroatoms. The lowest BCUT2D eigenvalue weighted by molar-refractivity contribution is 1.03. The number of allylic oxidation sites excluding steroid dienone is 6. The third kappa shape index (κ3) is 7.18. The van der Waals surface area contributed by atoms with Crippen molar-refractivity contribution in [2.75, 3.05) is 0 Å². The molecule has 0 atom stereocenters. The highest BCUT2D eigenvalue weighted by Crippen LogP contribution is 2.49. The molecule has 0 radical (unpaired) electrons. The summed E-state index contributed by atoms with van der Waals surface area (Å²) in [6.07, 6.45) is 12.7. The van der Waals surface area contributed by atoms with Gasteiger partial charge in [0.05, 0.1) is 38.8 Å². The minimum Gasteiger partial charge on any atom is -0.309 e. The van der Waals surface area contributed by atoms with Crippen LogP contribution in [0.3, 0.4) is 0 Å². The second-order valence-electron chi connectivity index (χ2n) is 18.3. The number of para-hydroxylation sites is 3. The molecule has 0 saturated carbocycles. The van der Waals surface area contributed by atoms with E-state index in [0.29, 0.717) is 23.0 Å². The monoisotopic (exact) mass is 962 g/mol. The maximum Gasteiger partial charge on any atom is 0.165 e. The third-order valence-corrected chi connectivity index (χ3v) is 14.2. The van der Waals surface area contributed by atoms with E-state index in [1.807, 2.05) is 24.3 Å². The highest BCUT2D eigenvalue weighted by atomic mass is 15.1. The van der Waals surface area contributed by atoms with E-state index in [4.69, 9.17) is 15.0 Å². The second kappa shape index (κ2) is 18.4. The lowest BCUT2D eigenvalue weighted by atomic mass is 9.92. The predicted molar refractivity (Wildman–Crippen MR) is 313 cm³/mol. The molecule has 75 heavy (non-hydrogen) atoms. The van der Waals surface area contributed by atoms with Gasteiger partial charge in [0.1, 0.15) is 0 Å². The fourth-order valence-electron chi connectivity index (χ4n) is 11.0. The number of hydrogen-bond donors (Lipinski definition) is 0. The van der Waals surface area contributed by atoms with Gasteiger partial charge >= 0.3 is 0 Å². The summed E-state index contributed by atoms with van der Waals surface area (Å²) in [7, 11) is 0. The van der Waals surface area contributed by atoms with Crippen LogP contribution in [0.1, 0.15) is 5.82 Å². The van der Waals surface area contributed by atoms with Crippen molar-refractivity contribution in [3.63, 3.8) is 0 Å². The lowest BCUT2D eigenvalue weighted by Gasteiger charge is -2.21. The Morgan fingerprint density at radius 1 is 0.480 bits per heavy atom. The zero-order valence-corrected chi connectivity index (χ0v) is 40.8. The topological polar surface area (TPSA) is 78.7 Å². The van der Waals surface area contributed by atoms with Gasteiger partial charge in [0.15, 0.2) is 17.5 Å². The van der Waals surface area contributed by atoms with Gasteiger partial charge in [-0.05, 0) is 90.7 Å². The quantitative estimate of drug-likeness (QED) is 0.0903. The van der Waals surface area contributed by atoms with Gasteiger partial charge in [0.2, 0.25) is 0 Å². The maximum atomic E-state index is 5.17. The SMILES string of the molecule is C=C/C=C(\C=C)n1c2c(ccc3c2c2ccccc2n3-c2ccccc2)c2ccc3c(c4ccccc4n3-c3c(-c4ccccc4)cc(-c4nc(/C(C=C)=C/N=C)nc(-c5cccnc5)n4)cc3-c3ccccc3)c21. The smallest absolute Gasteiger partial charge is 0.165 e. The molecule has 0 aliphatic rings. The molecule has 8 aromatic carbocycles. The van der Waals surface area contributed by atoms with Crippen molar-refractivity contribution in [3.05, 3.63) is 257 Å². The van der Waals surface area contributed by atoms with Gasteiger partial charge < -0.3 is 13.7 Å². The first kappa shape index (κ1) is 44.6. The average Bonchev–Trinajstić information content (AvgIpc) is 4.25. The van der Waals surface area contributed by atoms with E-state index in [1.165, 1.54) is 5.39 Å². The van der Waals surface area contributed by atoms with E-state index in [-0.39, 0.29) is 0 Å². The van der Waals surface area contributed by atoms with Crippen LogP contribution in [0.15, 0.2) is 256 Å². The summed E-state index contributed by atoms with van der Waals surface area (Å²) in [5.41, 5.74) is 15.7. The Balaban J connectivity index is 1.18. The van der Waals surface area contributed by atoms with Gasteiger partial charge in [-0.25, -0.2) is 15.0 Å². The van der Waals surface area contributed by atoms with Gasteiger partial charge in [0.25, 0.3) is 0 Å². The number of pyridine rings is 1. The minimum absolute atomic E-state index is 0.418. The Labute approximate surface area is 432 Å². The number of nitrogens with zero attached hydrogens (tertiary/aromatic N) is 8. The van der Waals surface area contributed by atoms with Crippen LogP contribution in [-0.2, 0) is 0 Å². The number of rotatable bonds is 12. The van der Waals surface area contributed by atoms with Crippen LogP contribution < -0.4 is 0 Å². The normalized spacial score (nSPS) is 12.1. The van der Waals surface area contributed by atoms with Gasteiger partial charge in [-0.1, -0.05) is 159 Å². The van der Waals surface area contributed by atoms with Crippen molar-refractivity contribution >= 4 is 83.4 Å². The third-order valence-electron chi connectivity index (χ3n) is 14.2. The summed E-state index contributed by atoms with van der Waals surface area (Å²) in [6.45, 7) is 16.4. The standard InChI is InChI=1S/C67H46N8/c1-5-22-48(7-3)74-63-50(34-36-58-60(63)52-30-17-19-32-56(52)73(58)49-28-15-10-16-29-49)51-35-37-59-61(64(51)74)53-31-18-20-33-57(53)75(59)62-54(44-23-11-8-12-24-44)39-47(40-55(62)45-25-13-9-14-26-45)67-71-65(43(6-2)41-68-4)70-66(72-67)46-27-21-38-69-42-46/h5-42H,1-4H2/b43-41+,48-22+. The van der Waals surface area contributed by atoms with Crippen LogP contribution in [-0.4, -0.2) is 40.4 Å². The van der Waals surface area contributed by atoms with Gasteiger partial charge in [-0.2, -0.15) is 0 Å². The molecule has 5 aromatic heterocycles. The van der Waals surface area contributed by atoms with Crippen LogP contribution in [0, 0.1) is 0 Å². The Bertz CT molecular complexity index is 4460.